The van der Waals surface area contributed by atoms with Crippen LogP contribution in [0.5, 0.6) is 5.88 Å². The molecule has 29 heavy (non-hydrogen) atoms. The lowest BCUT2D eigenvalue weighted by atomic mass is 10.0. The molecule has 0 saturated heterocycles. The summed E-state index contributed by atoms with van der Waals surface area (Å²) in [7, 11) is 0. The van der Waals surface area contributed by atoms with Gasteiger partial charge in [-0.05, 0) is 24.5 Å². The number of nitrogens with zero attached hydrogens (tertiary/aromatic N) is 3. The van der Waals surface area contributed by atoms with Crippen LogP contribution in [0.2, 0.25) is 0 Å². The van der Waals surface area contributed by atoms with Crippen LogP contribution in [0.3, 0.4) is 0 Å². The van der Waals surface area contributed by atoms with Crippen molar-refractivity contribution in [3.05, 3.63) is 52.6 Å². The molecule has 1 aromatic carbocycles. The normalized spacial score (nSPS) is 13.6. The topological polar surface area (TPSA) is 81.4 Å². The van der Waals surface area contributed by atoms with Gasteiger partial charge < -0.3 is 20.1 Å². The van der Waals surface area contributed by atoms with Gasteiger partial charge in [0.15, 0.2) is 0 Å². The first-order valence-corrected chi connectivity index (χ1v) is 9.76. The molecule has 6 nitrogen and oxygen atoms in total. The Morgan fingerprint density at radius 2 is 2.03 bits per heavy atom. The molecule has 156 valence electrons. The van der Waals surface area contributed by atoms with E-state index < -0.39 is 6.10 Å². The lowest BCUT2D eigenvalue weighted by molar-refractivity contribution is 0.102. The molecular formula is C22H29ClN4O2. The van der Waals surface area contributed by atoms with Gasteiger partial charge in [-0.1, -0.05) is 44.2 Å². The molecule has 2 aromatic rings. The van der Waals surface area contributed by atoms with Crippen LogP contribution < -0.4 is 15.0 Å². The molecule has 7 heteroatoms. The van der Waals surface area contributed by atoms with E-state index in [2.05, 4.69) is 33.4 Å². The predicted octanol–water partition coefficient (Wildman–Crippen LogP) is 2.98. The minimum absolute atomic E-state index is 0. The lowest BCUT2D eigenvalue weighted by Gasteiger charge is -2.21. The van der Waals surface area contributed by atoms with Gasteiger partial charge in [0.1, 0.15) is 30.2 Å². The monoisotopic (exact) mass is 416 g/mol. The fourth-order valence-electron chi connectivity index (χ4n) is 3.41. The van der Waals surface area contributed by atoms with E-state index in [1.165, 1.54) is 5.56 Å². The van der Waals surface area contributed by atoms with Crippen LogP contribution in [-0.2, 0) is 13.0 Å². The van der Waals surface area contributed by atoms with Crippen molar-refractivity contribution in [2.45, 2.75) is 45.9 Å². The molecule has 0 aliphatic carbocycles. The van der Waals surface area contributed by atoms with Gasteiger partial charge in [0, 0.05) is 31.2 Å². The highest BCUT2D eigenvalue weighted by atomic mass is 35.5. The first-order chi connectivity index (χ1) is 13.5. The number of nitrogens with one attached hydrogen (secondary N) is 1. The number of halogens is 1. The van der Waals surface area contributed by atoms with Crippen molar-refractivity contribution >= 4 is 18.2 Å². The summed E-state index contributed by atoms with van der Waals surface area (Å²) < 4.78 is 5.78. The van der Waals surface area contributed by atoms with Crippen molar-refractivity contribution in [1.29, 1.82) is 5.26 Å². The number of aliphatic hydroxyl groups is 1. The van der Waals surface area contributed by atoms with Crippen LogP contribution in [0.15, 0.2) is 30.3 Å². The summed E-state index contributed by atoms with van der Waals surface area (Å²) in [6.45, 7) is 8.17. The zero-order valence-corrected chi connectivity index (χ0v) is 18.0. The van der Waals surface area contributed by atoms with Crippen LogP contribution in [0.4, 0.5) is 5.82 Å². The number of pyridine rings is 1. The van der Waals surface area contributed by atoms with Gasteiger partial charge in [0.2, 0.25) is 5.88 Å². The Morgan fingerprint density at radius 3 is 2.69 bits per heavy atom. The Balaban J connectivity index is 0.00000300. The number of aliphatic hydroxyl groups excluding tert-OH is 1. The van der Waals surface area contributed by atoms with E-state index in [1.807, 2.05) is 39.0 Å². The maximum atomic E-state index is 10.1. The highest BCUT2D eigenvalue weighted by Gasteiger charge is 2.27. The molecule has 0 amide bonds. The smallest absolute Gasteiger partial charge is 0.234 e. The molecule has 0 fully saturated rings. The second-order valence-corrected chi connectivity index (χ2v) is 7.52. The summed E-state index contributed by atoms with van der Waals surface area (Å²) in [4.78, 5) is 6.90. The Kier molecular flexibility index (Phi) is 8.27. The second kappa shape index (κ2) is 10.4. The standard InChI is InChI=1S/C22H28N4O2.ClH/c1-15(2)24-12-18(27)14-28-22-20(11-23)16(3)19-9-10-26(21(19)25-22)13-17-7-5-4-6-8-17;/h4-8,15,18,24,27H,9-10,12-14H2,1-3H3;1H. The van der Waals surface area contributed by atoms with Crippen LogP contribution in [0, 0.1) is 18.3 Å². The fraction of sp³-hybridized carbons (Fsp3) is 0.455. The van der Waals surface area contributed by atoms with Gasteiger partial charge in [0.25, 0.3) is 0 Å². The summed E-state index contributed by atoms with van der Waals surface area (Å²) in [6.07, 6.45) is 0.210. The molecule has 3 rings (SSSR count). The molecule has 1 aromatic heterocycles. The second-order valence-electron chi connectivity index (χ2n) is 7.52. The van der Waals surface area contributed by atoms with Crippen molar-refractivity contribution in [2.75, 3.05) is 24.6 Å². The van der Waals surface area contributed by atoms with Crippen LogP contribution >= 0.6 is 12.4 Å². The third-order valence-electron chi connectivity index (χ3n) is 4.95. The number of nitriles is 1. The number of fused-ring (bicyclic) bond motifs is 1. The lowest BCUT2D eigenvalue weighted by Crippen LogP contribution is -2.35. The molecule has 1 aliphatic rings. The van der Waals surface area contributed by atoms with Crippen molar-refractivity contribution in [1.82, 2.24) is 10.3 Å². The molecule has 0 bridgehead atoms. The van der Waals surface area contributed by atoms with Gasteiger partial charge in [0.05, 0.1) is 0 Å². The predicted molar refractivity (Wildman–Crippen MR) is 117 cm³/mol. The Labute approximate surface area is 178 Å². The van der Waals surface area contributed by atoms with E-state index in [0.29, 0.717) is 18.0 Å². The van der Waals surface area contributed by atoms with Crippen molar-refractivity contribution in [3.8, 4) is 11.9 Å². The molecule has 1 aliphatic heterocycles. The summed E-state index contributed by atoms with van der Waals surface area (Å²) in [6, 6.07) is 12.8. The molecular weight excluding hydrogens is 388 g/mol. The number of aromatic nitrogens is 1. The molecule has 1 unspecified atom stereocenters. The van der Waals surface area contributed by atoms with Gasteiger partial charge in [-0.25, -0.2) is 0 Å². The van der Waals surface area contributed by atoms with E-state index in [4.69, 9.17) is 4.74 Å². The van der Waals surface area contributed by atoms with Crippen LogP contribution in [-0.4, -0.2) is 41.9 Å². The highest BCUT2D eigenvalue weighted by molar-refractivity contribution is 5.85. The van der Waals surface area contributed by atoms with E-state index >= 15 is 0 Å². The molecule has 2 N–H and O–H groups in total. The molecule has 1 atom stereocenters. The Morgan fingerprint density at radius 1 is 1.31 bits per heavy atom. The average Bonchev–Trinajstić information content (AvgIpc) is 3.08. The Bertz CT molecular complexity index is 852. The third kappa shape index (κ3) is 5.60. The summed E-state index contributed by atoms with van der Waals surface area (Å²) in [5.41, 5.74) is 3.72. The number of hydrogen-bond donors (Lipinski definition) is 2. The van der Waals surface area contributed by atoms with Crippen LogP contribution in [0.25, 0.3) is 0 Å². The van der Waals surface area contributed by atoms with Crippen molar-refractivity contribution in [3.63, 3.8) is 0 Å². The first-order valence-electron chi connectivity index (χ1n) is 9.76. The van der Waals surface area contributed by atoms with Gasteiger partial charge in [-0.3, -0.25) is 0 Å². The van der Waals surface area contributed by atoms with E-state index in [9.17, 15) is 10.4 Å². The van der Waals surface area contributed by atoms with Crippen molar-refractivity contribution in [2.24, 2.45) is 0 Å². The van der Waals surface area contributed by atoms with Crippen molar-refractivity contribution < 1.29 is 9.84 Å². The first kappa shape index (κ1) is 23.0. The van der Waals surface area contributed by atoms with E-state index in [-0.39, 0.29) is 25.1 Å². The largest absolute Gasteiger partial charge is 0.474 e. The third-order valence-corrected chi connectivity index (χ3v) is 4.95. The minimum Gasteiger partial charge on any atom is -0.474 e. The SMILES string of the molecule is Cc1c(C#N)c(OCC(O)CNC(C)C)nc2c1CCN2Cc1ccccc1.Cl. The van der Waals surface area contributed by atoms with Gasteiger partial charge >= 0.3 is 0 Å². The summed E-state index contributed by atoms with van der Waals surface area (Å²) in [5.74, 6) is 1.19. The zero-order chi connectivity index (χ0) is 20.1. The highest BCUT2D eigenvalue weighted by Crippen LogP contribution is 2.35. The fourth-order valence-corrected chi connectivity index (χ4v) is 3.41. The molecule has 0 radical (unpaired) electrons. The maximum absolute atomic E-state index is 10.1. The maximum Gasteiger partial charge on any atom is 0.234 e. The van der Waals surface area contributed by atoms with Gasteiger partial charge in [-0.15, -0.1) is 12.4 Å². The quantitative estimate of drug-likeness (QED) is 0.688. The number of ether oxygens (including phenoxy) is 1. The average molecular weight is 417 g/mol. The Hall–Kier alpha value is -2.33. The zero-order valence-electron chi connectivity index (χ0n) is 17.2. The minimum atomic E-state index is -0.662. The van der Waals surface area contributed by atoms with E-state index in [1.54, 1.807) is 0 Å². The van der Waals surface area contributed by atoms with E-state index in [0.717, 1.165) is 36.5 Å². The summed E-state index contributed by atoms with van der Waals surface area (Å²) in [5, 5.41) is 22.9. The number of benzene rings is 1. The molecule has 0 spiro atoms. The number of hydrogen-bond acceptors (Lipinski definition) is 6. The summed E-state index contributed by atoms with van der Waals surface area (Å²) >= 11 is 0. The van der Waals surface area contributed by atoms with Gasteiger partial charge in [-0.2, -0.15) is 10.2 Å². The number of anilines is 1. The molecule has 0 saturated carbocycles. The van der Waals surface area contributed by atoms with Crippen LogP contribution in [0.1, 0.15) is 36.1 Å². The number of rotatable bonds is 8. The molecule has 2 heterocycles.